The Labute approximate surface area is 119 Å². The van der Waals surface area contributed by atoms with E-state index in [0.29, 0.717) is 5.88 Å². The molecular weight excluding hydrogens is 256 g/mol. The molecule has 0 aliphatic heterocycles. The van der Waals surface area contributed by atoms with Gasteiger partial charge in [-0.1, -0.05) is 25.0 Å². The van der Waals surface area contributed by atoms with Crippen LogP contribution in [0.4, 0.5) is 0 Å². The number of hydrogen-bond donors (Lipinski definition) is 0. The molecule has 0 amide bonds. The molecule has 0 fully saturated rings. The van der Waals surface area contributed by atoms with E-state index in [2.05, 4.69) is 46.5 Å². The Hall–Kier alpha value is -1.46. The van der Waals surface area contributed by atoms with Crippen LogP contribution >= 0.6 is 11.6 Å². The van der Waals surface area contributed by atoms with Crippen LogP contribution in [0.3, 0.4) is 0 Å². The number of para-hydroxylation sites is 2. The van der Waals surface area contributed by atoms with Crippen LogP contribution < -0.4 is 0 Å². The summed E-state index contributed by atoms with van der Waals surface area (Å²) in [7, 11) is 0. The molecule has 0 aliphatic rings. The van der Waals surface area contributed by atoms with E-state index >= 15 is 0 Å². The number of halogens is 1. The van der Waals surface area contributed by atoms with E-state index < -0.39 is 0 Å². The van der Waals surface area contributed by atoms with Gasteiger partial charge >= 0.3 is 0 Å². The SMILES string of the molecule is CCCn1c(CC#CCCCCl)nc2ccccc21. The molecule has 100 valence electrons. The fraction of sp³-hybridized carbons (Fsp3) is 0.438. The lowest BCUT2D eigenvalue weighted by atomic mass is 10.3. The lowest BCUT2D eigenvalue weighted by molar-refractivity contribution is 0.668. The predicted molar refractivity (Wildman–Crippen MR) is 81.5 cm³/mol. The van der Waals surface area contributed by atoms with Crippen molar-refractivity contribution in [2.24, 2.45) is 0 Å². The molecule has 0 bridgehead atoms. The van der Waals surface area contributed by atoms with Crippen molar-refractivity contribution >= 4 is 22.6 Å². The van der Waals surface area contributed by atoms with Crippen LogP contribution in [0.25, 0.3) is 11.0 Å². The van der Waals surface area contributed by atoms with Gasteiger partial charge in [0.15, 0.2) is 0 Å². The van der Waals surface area contributed by atoms with E-state index in [1.807, 2.05) is 6.07 Å². The Morgan fingerprint density at radius 1 is 1.26 bits per heavy atom. The molecule has 19 heavy (non-hydrogen) atoms. The highest BCUT2D eigenvalue weighted by Gasteiger charge is 2.07. The number of aryl methyl sites for hydroxylation is 1. The van der Waals surface area contributed by atoms with Gasteiger partial charge in [0, 0.05) is 18.8 Å². The molecule has 0 unspecified atom stereocenters. The third-order valence-corrected chi connectivity index (χ3v) is 3.25. The minimum absolute atomic E-state index is 0.684. The predicted octanol–water partition coefficient (Wildman–Crippen LogP) is 4.01. The zero-order chi connectivity index (χ0) is 13.5. The Morgan fingerprint density at radius 3 is 2.89 bits per heavy atom. The van der Waals surface area contributed by atoms with Gasteiger partial charge in [0.2, 0.25) is 0 Å². The molecule has 3 heteroatoms. The molecule has 2 aromatic rings. The van der Waals surface area contributed by atoms with Gasteiger partial charge in [0.25, 0.3) is 0 Å². The molecule has 0 aliphatic carbocycles. The summed E-state index contributed by atoms with van der Waals surface area (Å²) in [5, 5.41) is 0. The van der Waals surface area contributed by atoms with Crippen molar-refractivity contribution in [1.29, 1.82) is 0 Å². The minimum atomic E-state index is 0.684. The van der Waals surface area contributed by atoms with Crippen molar-refractivity contribution < 1.29 is 0 Å². The van der Waals surface area contributed by atoms with Gasteiger partial charge in [-0.05, 0) is 25.0 Å². The average molecular weight is 275 g/mol. The monoisotopic (exact) mass is 274 g/mol. The quantitative estimate of drug-likeness (QED) is 0.458. The maximum absolute atomic E-state index is 5.63. The Bertz CT molecular complexity index is 590. The van der Waals surface area contributed by atoms with Gasteiger partial charge in [-0.15, -0.1) is 17.5 Å². The van der Waals surface area contributed by atoms with Gasteiger partial charge in [-0.2, -0.15) is 0 Å². The van der Waals surface area contributed by atoms with Gasteiger partial charge in [0.05, 0.1) is 17.5 Å². The van der Waals surface area contributed by atoms with Crippen LogP contribution in [0.1, 0.15) is 32.0 Å². The molecule has 1 aromatic carbocycles. The number of hydrogen-bond acceptors (Lipinski definition) is 1. The fourth-order valence-electron chi connectivity index (χ4n) is 2.12. The van der Waals surface area contributed by atoms with Crippen LogP contribution in [0, 0.1) is 11.8 Å². The highest BCUT2D eigenvalue weighted by atomic mass is 35.5. The smallest absolute Gasteiger partial charge is 0.121 e. The summed E-state index contributed by atoms with van der Waals surface area (Å²) in [6.45, 7) is 3.18. The van der Waals surface area contributed by atoms with Crippen molar-refractivity contribution in [3.05, 3.63) is 30.1 Å². The lowest BCUT2D eigenvalue weighted by Gasteiger charge is -2.04. The first-order valence-corrected chi connectivity index (χ1v) is 7.36. The van der Waals surface area contributed by atoms with Gasteiger partial charge in [0.1, 0.15) is 5.82 Å². The van der Waals surface area contributed by atoms with Crippen molar-refractivity contribution in [1.82, 2.24) is 9.55 Å². The molecule has 0 radical (unpaired) electrons. The Balaban J connectivity index is 2.20. The van der Waals surface area contributed by atoms with Crippen LogP contribution in [0.5, 0.6) is 0 Å². The molecule has 2 rings (SSSR count). The molecular formula is C16H19ClN2. The van der Waals surface area contributed by atoms with E-state index in [4.69, 9.17) is 11.6 Å². The summed E-state index contributed by atoms with van der Waals surface area (Å²) in [4.78, 5) is 4.68. The second-order valence-corrected chi connectivity index (χ2v) is 4.87. The van der Waals surface area contributed by atoms with Crippen molar-refractivity contribution in [2.45, 2.75) is 39.2 Å². The normalized spacial score (nSPS) is 10.4. The summed E-state index contributed by atoms with van der Waals surface area (Å²) in [5.41, 5.74) is 2.27. The topological polar surface area (TPSA) is 17.8 Å². The molecule has 1 heterocycles. The van der Waals surface area contributed by atoms with Crippen LogP contribution in [0.15, 0.2) is 24.3 Å². The first-order chi connectivity index (χ1) is 9.36. The number of nitrogens with zero attached hydrogens (tertiary/aromatic N) is 2. The minimum Gasteiger partial charge on any atom is -0.327 e. The Morgan fingerprint density at radius 2 is 2.11 bits per heavy atom. The zero-order valence-corrected chi connectivity index (χ0v) is 12.1. The summed E-state index contributed by atoms with van der Waals surface area (Å²) < 4.78 is 2.28. The molecule has 0 saturated heterocycles. The molecule has 1 aromatic heterocycles. The highest BCUT2D eigenvalue weighted by Crippen LogP contribution is 2.16. The zero-order valence-electron chi connectivity index (χ0n) is 11.3. The van der Waals surface area contributed by atoms with Crippen LogP contribution in [-0.4, -0.2) is 15.4 Å². The largest absolute Gasteiger partial charge is 0.327 e. The first kappa shape index (κ1) is 14.0. The number of unbranched alkanes of at least 4 members (excludes halogenated alkanes) is 1. The van der Waals surface area contributed by atoms with Gasteiger partial charge in [-0.25, -0.2) is 4.98 Å². The fourth-order valence-corrected chi connectivity index (χ4v) is 2.25. The highest BCUT2D eigenvalue weighted by molar-refractivity contribution is 6.17. The van der Waals surface area contributed by atoms with Gasteiger partial charge < -0.3 is 4.57 Å². The number of rotatable bonds is 5. The van der Waals surface area contributed by atoms with Crippen molar-refractivity contribution in [3.63, 3.8) is 0 Å². The van der Waals surface area contributed by atoms with E-state index in [0.717, 1.165) is 43.6 Å². The first-order valence-electron chi connectivity index (χ1n) is 6.82. The van der Waals surface area contributed by atoms with E-state index in [1.54, 1.807) is 0 Å². The lowest BCUT2D eigenvalue weighted by Crippen LogP contribution is -2.02. The maximum Gasteiger partial charge on any atom is 0.121 e. The summed E-state index contributed by atoms with van der Waals surface area (Å²) in [5.74, 6) is 8.12. The Kier molecular flexibility index (Phi) is 5.30. The average Bonchev–Trinajstić information content (AvgIpc) is 2.78. The van der Waals surface area contributed by atoms with Crippen LogP contribution in [0.2, 0.25) is 0 Å². The second-order valence-electron chi connectivity index (χ2n) is 4.49. The molecule has 0 N–H and O–H groups in total. The van der Waals surface area contributed by atoms with Crippen molar-refractivity contribution in [2.75, 3.05) is 5.88 Å². The van der Waals surface area contributed by atoms with E-state index in [1.165, 1.54) is 5.52 Å². The molecule has 0 atom stereocenters. The third-order valence-electron chi connectivity index (χ3n) is 2.99. The second kappa shape index (κ2) is 7.21. The summed E-state index contributed by atoms with van der Waals surface area (Å²) >= 11 is 5.63. The standard InChI is InChI=1S/C16H19ClN2/c1-2-13-19-15-10-7-6-9-14(15)18-16(19)11-5-3-4-8-12-17/h6-7,9-10H,2,4,8,11-13H2,1H3. The summed E-state index contributed by atoms with van der Waals surface area (Å²) in [6.07, 6.45) is 3.65. The number of aromatic nitrogens is 2. The van der Waals surface area contributed by atoms with Crippen LogP contribution in [-0.2, 0) is 13.0 Å². The molecule has 0 spiro atoms. The van der Waals surface area contributed by atoms with E-state index in [-0.39, 0.29) is 0 Å². The maximum atomic E-state index is 5.63. The number of alkyl halides is 1. The number of benzene rings is 1. The summed E-state index contributed by atoms with van der Waals surface area (Å²) in [6, 6.07) is 8.28. The molecule has 2 nitrogen and oxygen atoms in total. The van der Waals surface area contributed by atoms with Gasteiger partial charge in [-0.3, -0.25) is 0 Å². The van der Waals surface area contributed by atoms with Crippen molar-refractivity contribution in [3.8, 4) is 11.8 Å². The van der Waals surface area contributed by atoms with E-state index in [9.17, 15) is 0 Å². The third kappa shape index (κ3) is 3.52. The number of imidazole rings is 1. The molecule has 0 saturated carbocycles. The number of fused-ring (bicyclic) bond motifs is 1.